The van der Waals surface area contributed by atoms with Gasteiger partial charge in [0.25, 0.3) is 0 Å². The van der Waals surface area contributed by atoms with Gasteiger partial charge in [-0.05, 0) is 62.0 Å². The zero-order chi connectivity index (χ0) is 26.9. The van der Waals surface area contributed by atoms with Crippen LogP contribution in [0.1, 0.15) is 5.56 Å². The molecule has 0 saturated carbocycles. The summed E-state index contributed by atoms with van der Waals surface area (Å²) in [5.74, 6) is 8.76. The van der Waals surface area contributed by atoms with E-state index in [0.717, 1.165) is 18.7 Å². The Morgan fingerprint density at radius 1 is 0.949 bits per heavy atom. The number of hydrogen-bond donors (Lipinski definition) is 1. The van der Waals surface area contributed by atoms with E-state index in [1.165, 1.54) is 17.7 Å². The van der Waals surface area contributed by atoms with Crippen molar-refractivity contribution in [3.8, 4) is 17.2 Å². The standard InChI is InChI=1S/C27H27N9O3/c1-18-13-19(3-6-24(18)38-21-7-8-35-25(15-21)30-17-32-35)36(28)26-22-14-20(4-5-23(22)29-16-31-26)39-27(37)34-11-9-33(2)10-12-34/h3-8,13-17H,9-12,28H2,1-2H3. The van der Waals surface area contributed by atoms with Crippen molar-refractivity contribution < 1.29 is 14.3 Å². The van der Waals surface area contributed by atoms with Crippen LogP contribution < -0.4 is 20.3 Å². The molecule has 4 heterocycles. The molecule has 2 aromatic carbocycles. The first kappa shape index (κ1) is 24.5. The molecule has 1 aliphatic rings. The number of pyridine rings is 1. The number of hydrazine groups is 1. The topological polar surface area (TPSA) is 127 Å². The van der Waals surface area contributed by atoms with E-state index in [-0.39, 0.29) is 6.09 Å². The average molecular weight is 526 g/mol. The Labute approximate surface area is 224 Å². The molecule has 0 atom stereocenters. The molecular weight excluding hydrogens is 498 g/mol. The number of rotatable bonds is 5. The number of hydrogen-bond acceptors (Lipinski definition) is 10. The van der Waals surface area contributed by atoms with Crippen molar-refractivity contribution in [3.05, 3.63) is 72.9 Å². The number of nitrogens with zero attached hydrogens (tertiary/aromatic N) is 8. The third kappa shape index (κ3) is 5.02. The van der Waals surface area contributed by atoms with Gasteiger partial charge in [-0.3, -0.25) is 5.01 Å². The van der Waals surface area contributed by atoms with Crippen molar-refractivity contribution >= 4 is 34.1 Å². The van der Waals surface area contributed by atoms with Gasteiger partial charge in [-0.2, -0.15) is 5.10 Å². The number of anilines is 2. The molecule has 0 radical (unpaired) electrons. The van der Waals surface area contributed by atoms with Crippen LogP contribution in [0.25, 0.3) is 16.6 Å². The SMILES string of the molecule is Cc1cc(N(N)c2ncnc3ccc(OC(=O)N4CCN(C)CC4)cc23)ccc1Oc1ccn2ncnc2c1. The summed E-state index contributed by atoms with van der Waals surface area (Å²) in [6, 6.07) is 14.5. The molecule has 2 N–H and O–H groups in total. The van der Waals surface area contributed by atoms with E-state index in [9.17, 15) is 4.79 Å². The number of piperazine rings is 1. The molecule has 1 aliphatic heterocycles. The first-order valence-electron chi connectivity index (χ1n) is 12.5. The maximum Gasteiger partial charge on any atom is 0.415 e. The van der Waals surface area contributed by atoms with Crippen LogP contribution in [0, 0.1) is 6.92 Å². The minimum atomic E-state index is -0.375. The molecule has 12 nitrogen and oxygen atoms in total. The van der Waals surface area contributed by atoms with Gasteiger partial charge in [0.05, 0.1) is 11.2 Å². The van der Waals surface area contributed by atoms with Gasteiger partial charge in [-0.15, -0.1) is 0 Å². The van der Waals surface area contributed by atoms with E-state index in [1.807, 2.05) is 44.3 Å². The van der Waals surface area contributed by atoms with Gasteiger partial charge in [0.1, 0.15) is 29.9 Å². The van der Waals surface area contributed by atoms with Crippen LogP contribution in [-0.2, 0) is 0 Å². The predicted octanol–water partition coefficient (Wildman–Crippen LogP) is 3.53. The van der Waals surface area contributed by atoms with E-state index in [0.29, 0.717) is 58.4 Å². The molecule has 198 valence electrons. The summed E-state index contributed by atoms with van der Waals surface area (Å²) in [6.45, 7) is 4.82. The lowest BCUT2D eigenvalue weighted by molar-refractivity contribution is 0.120. The van der Waals surface area contributed by atoms with Crippen molar-refractivity contribution in [2.45, 2.75) is 6.92 Å². The van der Waals surface area contributed by atoms with Gasteiger partial charge in [0, 0.05) is 43.8 Å². The Morgan fingerprint density at radius 3 is 2.62 bits per heavy atom. The summed E-state index contributed by atoms with van der Waals surface area (Å²) in [5.41, 5.74) is 2.95. The van der Waals surface area contributed by atoms with Gasteiger partial charge < -0.3 is 19.3 Å². The lowest BCUT2D eigenvalue weighted by Gasteiger charge is -2.31. The van der Waals surface area contributed by atoms with E-state index in [1.54, 1.807) is 33.8 Å². The van der Waals surface area contributed by atoms with Crippen LogP contribution >= 0.6 is 0 Å². The number of nitrogens with two attached hydrogens (primary N) is 1. The summed E-state index contributed by atoms with van der Waals surface area (Å²) in [6.07, 6.45) is 4.37. The maximum atomic E-state index is 12.7. The number of benzene rings is 2. The number of carbonyl (C=O) groups excluding carboxylic acids is 1. The fourth-order valence-electron chi connectivity index (χ4n) is 4.44. The third-order valence-electron chi connectivity index (χ3n) is 6.70. The van der Waals surface area contributed by atoms with Crippen molar-refractivity contribution in [1.82, 2.24) is 34.4 Å². The molecule has 39 heavy (non-hydrogen) atoms. The van der Waals surface area contributed by atoms with Gasteiger partial charge >= 0.3 is 6.09 Å². The van der Waals surface area contributed by atoms with Crippen molar-refractivity contribution in [2.75, 3.05) is 38.2 Å². The first-order valence-corrected chi connectivity index (χ1v) is 12.5. The number of aryl methyl sites for hydroxylation is 1. The van der Waals surface area contributed by atoms with Crippen molar-refractivity contribution in [1.29, 1.82) is 0 Å². The largest absolute Gasteiger partial charge is 0.457 e. The molecule has 0 unspecified atom stereocenters. The van der Waals surface area contributed by atoms with Crippen LogP contribution in [0.3, 0.4) is 0 Å². The minimum absolute atomic E-state index is 0.375. The second-order valence-corrected chi connectivity index (χ2v) is 9.38. The normalized spacial score (nSPS) is 14.1. The fourth-order valence-corrected chi connectivity index (χ4v) is 4.44. The molecule has 1 fully saturated rings. The lowest BCUT2D eigenvalue weighted by Crippen LogP contribution is -2.48. The highest BCUT2D eigenvalue weighted by Gasteiger charge is 2.21. The Kier molecular flexibility index (Phi) is 6.39. The van der Waals surface area contributed by atoms with Gasteiger partial charge in [0.2, 0.25) is 0 Å². The van der Waals surface area contributed by atoms with Crippen molar-refractivity contribution in [2.24, 2.45) is 5.84 Å². The summed E-state index contributed by atoms with van der Waals surface area (Å²) in [4.78, 5) is 29.6. The highest BCUT2D eigenvalue weighted by molar-refractivity contribution is 5.92. The second-order valence-electron chi connectivity index (χ2n) is 9.38. The molecular formula is C27H27N9O3. The molecule has 3 aromatic heterocycles. The molecule has 1 amide bonds. The molecule has 5 aromatic rings. The first-order chi connectivity index (χ1) is 18.9. The van der Waals surface area contributed by atoms with E-state index < -0.39 is 0 Å². The minimum Gasteiger partial charge on any atom is -0.457 e. The summed E-state index contributed by atoms with van der Waals surface area (Å²) in [5, 5.41) is 6.24. The summed E-state index contributed by atoms with van der Waals surface area (Å²) < 4.78 is 13.4. The van der Waals surface area contributed by atoms with Gasteiger partial charge in [-0.25, -0.2) is 30.1 Å². The monoisotopic (exact) mass is 525 g/mol. The fraction of sp³-hybridized carbons (Fsp3) is 0.222. The Morgan fingerprint density at radius 2 is 1.79 bits per heavy atom. The maximum absolute atomic E-state index is 12.7. The predicted molar refractivity (Wildman–Crippen MR) is 145 cm³/mol. The van der Waals surface area contributed by atoms with Crippen molar-refractivity contribution in [3.63, 3.8) is 0 Å². The second kappa shape index (κ2) is 10.2. The number of likely N-dealkylation sites (N-methyl/N-ethyl adjacent to an activating group) is 1. The number of fused-ring (bicyclic) bond motifs is 2. The van der Waals surface area contributed by atoms with Gasteiger partial charge in [-0.1, -0.05) is 0 Å². The smallest absolute Gasteiger partial charge is 0.415 e. The highest BCUT2D eigenvalue weighted by Crippen LogP contribution is 2.33. The molecule has 12 heteroatoms. The lowest BCUT2D eigenvalue weighted by atomic mass is 10.1. The molecule has 6 rings (SSSR count). The summed E-state index contributed by atoms with van der Waals surface area (Å²) in [7, 11) is 2.04. The molecule has 1 saturated heterocycles. The Hall–Kier alpha value is -4.81. The van der Waals surface area contributed by atoms with Crippen LogP contribution in [0.5, 0.6) is 17.2 Å². The number of ether oxygens (including phenoxy) is 2. The van der Waals surface area contributed by atoms with E-state index >= 15 is 0 Å². The third-order valence-corrected chi connectivity index (χ3v) is 6.70. The van der Waals surface area contributed by atoms with Crippen LogP contribution in [0.2, 0.25) is 0 Å². The van der Waals surface area contributed by atoms with E-state index in [4.69, 9.17) is 15.3 Å². The quantitative estimate of drug-likeness (QED) is 0.269. The molecule has 0 aliphatic carbocycles. The van der Waals surface area contributed by atoms with Gasteiger partial charge in [0.15, 0.2) is 11.5 Å². The van der Waals surface area contributed by atoms with Crippen LogP contribution in [0.15, 0.2) is 67.4 Å². The average Bonchev–Trinajstić information content (AvgIpc) is 3.42. The zero-order valence-corrected chi connectivity index (χ0v) is 21.6. The summed E-state index contributed by atoms with van der Waals surface area (Å²) >= 11 is 0. The van der Waals surface area contributed by atoms with Crippen LogP contribution in [0.4, 0.5) is 16.3 Å². The molecule has 0 spiro atoms. The Balaban J connectivity index is 1.23. The molecule has 0 bridgehead atoms. The van der Waals surface area contributed by atoms with Crippen LogP contribution in [-0.4, -0.2) is 73.7 Å². The number of aromatic nitrogens is 5. The number of carbonyl (C=O) groups is 1. The highest BCUT2D eigenvalue weighted by atomic mass is 16.6. The zero-order valence-electron chi connectivity index (χ0n) is 21.6. The van der Waals surface area contributed by atoms with E-state index in [2.05, 4.69) is 25.0 Å². The Bertz CT molecular complexity index is 1660. The number of amides is 1.